The third kappa shape index (κ3) is 3.90. The molecular formula is C15H22N2OS. The smallest absolute Gasteiger partial charge is 0.170 e. The first-order valence-electron chi connectivity index (χ1n) is 6.89. The molecule has 0 saturated heterocycles. The molecule has 3 N–H and O–H groups in total. The average Bonchev–Trinajstić information content (AvgIpc) is 2.46. The summed E-state index contributed by atoms with van der Waals surface area (Å²) in [4.78, 5) is 0. The molecule has 0 bridgehead atoms. The second-order valence-corrected chi connectivity index (χ2v) is 6.49. The van der Waals surface area contributed by atoms with Gasteiger partial charge in [0.05, 0.1) is 0 Å². The molecule has 1 aromatic carbocycles. The van der Waals surface area contributed by atoms with Crippen molar-refractivity contribution in [3.05, 3.63) is 34.9 Å². The maximum atomic E-state index is 8.68. The zero-order chi connectivity index (χ0) is 13.7. The topological polar surface area (TPSA) is 58.6 Å². The lowest BCUT2D eigenvalue weighted by Gasteiger charge is -2.21. The number of nitrogens with zero attached hydrogens (tertiary/aromatic N) is 1. The predicted molar refractivity (Wildman–Crippen MR) is 81.9 cm³/mol. The van der Waals surface area contributed by atoms with Gasteiger partial charge < -0.3 is 10.9 Å². The number of thioether (sulfide) groups is 1. The quantitative estimate of drug-likeness (QED) is 0.382. The van der Waals surface area contributed by atoms with E-state index in [1.165, 1.54) is 43.2 Å². The molecule has 0 unspecified atom stereocenters. The second kappa shape index (κ2) is 6.85. The minimum Gasteiger partial charge on any atom is -0.409 e. The Morgan fingerprint density at radius 3 is 2.74 bits per heavy atom. The molecule has 1 saturated carbocycles. The highest BCUT2D eigenvalue weighted by Crippen LogP contribution is 2.31. The summed E-state index contributed by atoms with van der Waals surface area (Å²) < 4.78 is 0. The van der Waals surface area contributed by atoms with Crippen LogP contribution in [0.2, 0.25) is 0 Å². The number of aryl methyl sites for hydroxylation is 1. The lowest BCUT2D eigenvalue weighted by Crippen LogP contribution is -2.13. The monoisotopic (exact) mass is 278 g/mol. The maximum Gasteiger partial charge on any atom is 0.170 e. The molecule has 1 aliphatic carbocycles. The molecule has 0 atom stereocenters. The highest BCUT2D eigenvalue weighted by Gasteiger charge is 2.14. The van der Waals surface area contributed by atoms with Crippen LogP contribution in [0.15, 0.2) is 23.4 Å². The molecule has 4 heteroatoms. The molecule has 1 aromatic rings. The van der Waals surface area contributed by atoms with Crippen LogP contribution in [0.1, 0.15) is 48.8 Å². The van der Waals surface area contributed by atoms with Crippen LogP contribution in [-0.4, -0.2) is 16.3 Å². The molecule has 19 heavy (non-hydrogen) atoms. The number of amidine groups is 1. The van der Waals surface area contributed by atoms with E-state index in [0.717, 1.165) is 16.6 Å². The van der Waals surface area contributed by atoms with Gasteiger partial charge in [-0.05, 0) is 37.0 Å². The van der Waals surface area contributed by atoms with Crippen LogP contribution in [0, 0.1) is 6.92 Å². The van der Waals surface area contributed by atoms with Crippen molar-refractivity contribution in [1.82, 2.24) is 0 Å². The van der Waals surface area contributed by atoms with Crippen LogP contribution in [0.25, 0.3) is 0 Å². The van der Waals surface area contributed by atoms with Crippen molar-refractivity contribution < 1.29 is 5.21 Å². The van der Waals surface area contributed by atoms with Gasteiger partial charge in [-0.2, -0.15) is 11.8 Å². The zero-order valence-electron chi connectivity index (χ0n) is 11.4. The normalized spacial score (nSPS) is 17.6. The molecule has 0 aliphatic heterocycles. The third-order valence-corrected chi connectivity index (χ3v) is 5.19. The summed E-state index contributed by atoms with van der Waals surface area (Å²) in [6, 6.07) is 6.02. The summed E-state index contributed by atoms with van der Waals surface area (Å²) in [5, 5.41) is 12.5. The first-order valence-corrected chi connectivity index (χ1v) is 7.94. The summed E-state index contributed by atoms with van der Waals surface area (Å²) in [5.74, 6) is 1.24. The Labute approximate surface area is 119 Å². The number of oxime groups is 1. The molecular weight excluding hydrogens is 256 g/mol. The predicted octanol–water partition coefficient (Wildman–Crippen LogP) is 3.66. The van der Waals surface area contributed by atoms with Gasteiger partial charge in [-0.15, -0.1) is 0 Å². The number of nitrogens with two attached hydrogens (primary N) is 1. The van der Waals surface area contributed by atoms with Gasteiger partial charge in [0.25, 0.3) is 0 Å². The van der Waals surface area contributed by atoms with Gasteiger partial charge in [0.15, 0.2) is 5.84 Å². The minimum absolute atomic E-state index is 0.176. The summed E-state index contributed by atoms with van der Waals surface area (Å²) in [5.41, 5.74) is 8.95. The fraction of sp³-hybridized carbons (Fsp3) is 0.533. The third-order valence-electron chi connectivity index (χ3n) is 3.77. The molecule has 104 valence electrons. The van der Waals surface area contributed by atoms with Crippen molar-refractivity contribution in [3.8, 4) is 0 Å². The highest BCUT2D eigenvalue weighted by molar-refractivity contribution is 7.99. The van der Waals surface area contributed by atoms with Crippen molar-refractivity contribution >= 4 is 17.6 Å². The molecule has 0 amide bonds. The zero-order valence-corrected chi connectivity index (χ0v) is 12.2. The van der Waals surface area contributed by atoms with Crippen LogP contribution in [0.4, 0.5) is 0 Å². The first kappa shape index (κ1) is 14.3. The van der Waals surface area contributed by atoms with Gasteiger partial charge in [0.2, 0.25) is 0 Å². The molecule has 1 fully saturated rings. The van der Waals surface area contributed by atoms with E-state index in [9.17, 15) is 0 Å². The van der Waals surface area contributed by atoms with Gasteiger partial charge in [0.1, 0.15) is 0 Å². The highest BCUT2D eigenvalue weighted by atomic mass is 32.2. The summed E-state index contributed by atoms with van der Waals surface area (Å²) in [6.07, 6.45) is 6.92. The Bertz CT molecular complexity index is 453. The van der Waals surface area contributed by atoms with E-state index >= 15 is 0 Å². The van der Waals surface area contributed by atoms with Crippen LogP contribution < -0.4 is 5.73 Å². The molecule has 0 radical (unpaired) electrons. The van der Waals surface area contributed by atoms with Crippen molar-refractivity contribution in [2.45, 2.75) is 50.0 Å². The van der Waals surface area contributed by atoms with Crippen molar-refractivity contribution in [1.29, 1.82) is 0 Å². The SMILES string of the molecule is Cc1cc(/C(N)=N/O)ccc1CSC1CCCCC1. The maximum absolute atomic E-state index is 8.68. The Morgan fingerprint density at radius 1 is 1.37 bits per heavy atom. The molecule has 0 heterocycles. The Kier molecular flexibility index (Phi) is 5.14. The van der Waals surface area contributed by atoms with Gasteiger partial charge in [0, 0.05) is 16.6 Å². The van der Waals surface area contributed by atoms with Crippen LogP contribution in [0.3, 0.4) is 0 Å². The molecule has 1 aliphatic rings. The van der Waals surface area contributed by atoms with Gasteiger partial charge in [-0.1, -0.05) is 36.6 Å². The van der Waals surface area contributed by atoms with Crippen LogP contribution >= 0.6 is 11.8 Å². The fourth-order valence-electron chi connectivity index (χ4n) is 2.51. The van der Waals surface area contributed by atoms with E-state index in [1.807, 2.05) is 12.1 Å². The summed E-state index contributed by atoms with van der Waals surface area (Å²) in [7, 11) is 0. The van der Waals surface area contributed by atoms with E-state index < -0.39 is 0 Å². The second-order valence-electron chi connectivity index (χ2n) is 5.20. The Hall–Kier alpha value is -1.16. The Morgan fingerprint density at radius 2 is 2.11 bits per heavy atom. The average molecular weight is 278 g/mol. The number of benzene rings is 1. The number of hydrogen-bond acceptors (Lipinski definition) is 3. The largest absolute Gasteiger partial charge is 0.409 e. The van der Waals surface area contributed by atoms with E-state index in [4.69, 9.17) is 10.9 Å². The van der Waals surface area contributed by atoms with Crippen molar-refractivity contribution in [2.75, 3.05) is 0 Å². The number of hydrogen-bond donors (Lipinski definition) is 2. The van der Waals surface area contributed by atoms with Crippen LogP contribution in [0.5, 0.6) is 0 Å². The Balaban J connectivity index is 1.97. The van der Waals surface area contributed by atoms with Gasteiger partial charge in [-0.3, -0.25) is 0 Å². The summed E-state index contributed by atoms with van der Waals surface area (Å²) >= 11 is 2.07. The first-order chi connectivity index (χ1) is 9.20. The molecule has 0 aromatic heterocycles. The van der Waals surface area contributed by atoms with E-state index in [2.05, 4.69) is 29.9 Å². The van der Waals surface area contributed by atoms with Crippen molar-refractivity contribution in [3.63, 3.8) is 0 Å². The molecule has 2 rings (SSSR count). The lowest BCUT2D eigenvalue weighted by atomic mass is 10.0. The fourth-order valence-corrected chi connectivity index (χ4v) is 3.92. The van der Waals surface area contributed by atoms with Gasteiger partial charge in [-0.25, -0.2) is 0 Å². The van der Waals surface area contributed by atoms with E-state index in [-0.39, 0.29) is 5.84 Å². The summed E-state index contributed by atoms with van der Waals surface area (Å²) in [6.45, 7) is 2.09. The van der Waals surface area contributed by atoms with Crippen LogP contribution in [-0.2, 0) is 5.75 Å². The van der Waals surface area contributed by atoms with Gasteiger partial charge >= 0.3 is 0 Å². The van der Waals surface area contributed by atoms with E-state index in [0.29, 0.717) is 0 Å². The van der Waals surface area contributed by atoms with E-state index in [1.54, 1.807) is 0 Å². The lowest BCUT2D eigenvalue weighted by molar-refractivity contribution is 0.318. The van der Waals surface area contributed by atoms with Crippen molar-refractivity contribution in [2.24, 2.45) is 10.9 Å². The standard InChI is InChI=1S/C15H22N2OS/c1-11-9-12(15(16)17-18)7-8-13(11)10-19-14-5-3-2-4-6-14/h7-9,14,18H,2-6,10H2,1H3,(H2,16,17). The number of rotatable bonds is 4. The molecule has 3 nitrogen and oxygen atoms in total. The molecule has 0 spiro atoms. The minimum atomic E-state index is 0.176.